The molecule has 0 aromatic rings. The van der Waals surface area contributed by atoms with Gasteiger partial charge in [-0.1, -0.05) is 13.0 Å². The SMILES string of the molecule is CC=CC(=O)OC1(C)COC1CC. The average Bonchev–Trinajstić information content (AvgIpc) is 2.03. The van der Waals surface area contributed by atoms with Gasteiger partial charge in [-0.25, -0.2) is 4.79 Å². The Labute approximate surface area is 78.7 Å². The van der Waals surface area contributed by atoms with Crippen LogP contribution in [0.1, 0.15) is 27.2 Å². The van der Waals surface area contributed by atoms with Gasteiger partial charge in [0.1, 0.15) is 0 Å². The van der Waals surface area contributed by atoms with Gasteiger partial charge in [0, 0.05) is 6.08 Å². The van der Waals surface area contributed by atoms with Crippen molar-refractivity contribution in [3.8, 4) is 0 Å². The minimum atomic E-state index is -0.411. The molecule has 0 bridgehead atoms. The van der Waals surface area contributed by atoms with E-state index in [-0.39, 0.29) is 12.1 Å². The number of carbonyl (C=O) groups excluding carboxylic acids is 1. The molecule has 0 aromatic heterocycles. The van der Waals surface area contributed by atoms with Crippen molar-refractivity contribution in [3.63, 3.8) is 0 Å². The maximum atomic E-state index is 11.1. The molecule has 0 spiro atoms. The van der Waals surface area contributed by atoms with Gasteiger partial charge >= 0.3 is 5.97 Å². The molecule has 13 heavy (non-hydrogen) atoms. The van der Waals surface area contributed by atoms with E-state index in [1.54, 1.807) is 13.0 Å². The summed E-state index contributed by atoms with van der Waals surface area (Å²) in [5.41, 5.74) is -0.411. The molecule has 0 aliphatic carbocycles. The molecule has 2 unspecified atom stereocenters. The predicted molar refractivity (Wildman–Crippen MR) is 49.3 cm³/mol. The number of hydrogen-bond acceptors (Lipinski definition) is 3. The van der Waals surface area contributed by atoms with Gasteiger partial charge in [-0.2, -0.15) is 0 Å². The molecule has 0 N–H and O–H groups in total. The number of rotatable bonds is 3. The molecular formula is C10H16O3. The summed E-state index contributed by atoms with van der Waals surface area (Å²) in [4.78, 5) is 11.1. The second kappa shape index (κ2) is 3.92. The Balaban J connectivity index is 2.48. The molecule has 0 radical (unpaired) electrons. The fraction of sp³-hybridized carbons (Fsp3) is 0.700. The first-order valence-electron chi connectivity index (χ1n) is 4.59. The number of esters is 1. The molecule has 0 aromatic carbocycles. The van der Waals surface area contributed by atoms with Crippen LogP contribution in [-0.4, -0.2) is 24.3 Å². The van der Waals surface area contributed by atoms with Crippen LogP contribution in [0.15, 0.2) is 12.2 Å². The van der Waals surface area contributed by atoms with E-state index in [0.717, 1.165) is 6.42 Å². The number of ether oxygens (including phenoxy) is 2. The fourth-order valence-corrected chi connectivity index (χ4v) is 1.48. The lowest BCUT2D eigenvalue weighted by atomic mass is 9.92. The van der Waals surface area contributed by atoms with E-state index in [1.807, 2.05) is 13.8 Å². The normalized spacial score (nSPS) is 33.0. The highest BCUT2D eigenvalue weighted by Gasteiger charge is 2.46. The van der Waals surface area contributed by atoms with Crippen LogP contribution in [0.5, 0.6) is 0 Å². The van der Waals surface area contributed by atoms with Crippen LogP contribution in [0.25, 0.3) is 0 Å². The molecule has 1 aliphatic rings. The minimum Gasteiger partial charge on any atom is -0.451 e. The first kappa shape index (κ1) is 10.3. The first-order valence-corrected chi connectivity index (χ1v) is 4.59. The fourth-order valence-electron chi connectivity index (χ4n) is 1.48. The lowest BCUT2D eigenvalue weighted by Crippen LogP contribution is -2.58. The van der Waals surface area contributed by atoms with Crippen LogP contribution in [-0.2, 0) is 14.3 Å². The topological polar surface area (TPSA) is 35.5 Å². The standard InChI is InChI=1S/C10H16O3/c1-4-6-9(11)13-10(3)7-12-8(10)5-2/h4,6,8H,5,7H2,1-3H3. The summed E-state index contributed by atoms with van der Waals surface area (Å²) in [6.45, 7) is 6.23. The monoisotopic (exact) mass is 184 g/mol. The van der Waals surface area contributed by atoms with Crippen molar-refractivity contribution < 1.29 is 14.3 Å². The molecule has 1 rings (SSSR count). The zero-order chi connectivity index (χ0) is 9.90. The van der Waals surface area contributed by atoms with E-state index in [9.17, 15) is 4.79 Å². The zero-order valence-corrected chi connectivity index (χ0v) is 8.37. The summed E-state index contributed by atoms with van der Waals surface area (Å²) in [6, 6.07) is 0. The van der Waals surface area contributed by atoms with Crippen LogP contribution >= 0.6 is 0 Å². The third-order valence-electron chi connectivity index (χ3n) is 2.26. The first-order chi connectivity index (χ1) is 6.12. The summed E-state index contributed by atoms with van der Waals surface area (Å²) in [7, 11) is 0. The molecule has 2 atom stereocenters. The second-order valence-corrected chi connectivity index (χ2v) is 3.44. The van der Waals surface area contributed by atoms with Crippen molar-refractivity contribution >= 4 is 5.97 Å². The summed E-state index contributed by atoms with van der Waals surface area (Å²) in [6.07, 6.45) is 4.03. The summed E-state index contributed by atoms with van der Waals surface area (Å²) in [5, 5.41) is 0. The van der Waals surface area contributed by atoms with Crippen molar-refractivity contribution in [1.82, 2.24) is 0 Å². The van der Waals surface area contributed by atoms with Gasteiger partial charge in [-0.15, -0.1) is 0 Å². The van der Waals surface area contributed by atoms with E-state index >= 15 is 0 Å². The van der Waals surface area contributed by atoms with Gasteiger partial charge in [-0.05, 0) is 20.3 Å². The minimum absolute atomic E-state index is 0.0571. The Hall–Kier alpha value is -0.830. The Bertz CT molecular complexity index is 220. The Morgan fingerprint density at radius 3 is 2.85 bits per heavy atom. The van der Waals surface area contributed by atoms with Crippen molar-refractivity contribution in [2.45, 2.75) is 38.9 Å². The summed E-state index contributed by atoms with van der Waals surface area (Å²) < 4.78 is 10.5. The van der Waals surface area contributed by atoms with Crippen molar-refractivity contribution in [1.29, 1.82) is 0 Å². The highest BCUT2D eigenvalue weighted by Crippen LogP contribution is 2.31. The molecule has 1 aliphatic heterocycles. The van der Waals surface area contributed by atoms with Crippen LogP contribution in [0.3, 0.4) is 0 Å². The van der Waals surface area contributed by atoms with E-state index in [0.29, 0.717) is 6.61 Å². The molecule has 0 saturated carbocycles. The summed E-state index contributed by atoms with van der Waals surface area (Å²) in [5.74, 6) is -0.285. The third-order valence-corrected chi connectivity index (χ3v) is 2.26. The lowest BCUT2D eigenvalue weighted by molar-refractivity contribution is -0.242. The molecule has 3 nitrogen and oxygen atoms in total. The Morgan fingerprint density at radius 1 is 1.77 bits per heavy atom. The van der Waals surface area contributed by atoms with Crippen molar-refractivity contribution in [2.24, 2.45) is 0 Å². The van der Waals surface area contributed by atoms with E-state index in [4.69, 9.17) is 9.47 Å². The van der Waals surface area contributed by atoms with E-state index < -0.39 is 5.60 Å². The van der Waals surface area contributed by atoms with E-state index in [1.165, 1.54) is 6.08 Å². The smallest absolute Gasteiger partial charge is 0.331 e. The Kier molecular flexibility index (Phi) is 3.09. The molecule has 0 amide bonds. The van der Waals surface area contributed by atoms with Crippen molar-refractivity contribution in [2.75, 3.05) is 6.61 Å². The van der Waals surface area contributed by atoms with Crippen LogP contribution in [0.4, 0.5) is 0 Å². The molecule has 1 saturated heterocycles. The number of allylic oxidation sites excluding steroid dienone is 1. The number of hydrogen-bond donors (Lipinski definition) is 0. The predicted octanol–water partition coefficient (Wildman–Crippen LogP) is 1.67. The van der Waals surface area contributed by atoms with Crippen molar-refractivity contribution in [3.05, 3.63) is 12.2 Å². The van der Waals surface area contributed by atoms with Gasteiger partial charge in [-0.3, -0.25) is 0 Å². The highest BCUT2D eigenvalue weighted by atomic mass is 16.6. The maximum Gasteiger partial charge on any atom is 0.331 e. The largest absolute Gasteiger partial charge is 0.451 e. The van der Waals surface area contributed by atoms with Crippen LogP contribution < -0.4 is 0 Å². The highest BCUT2D eigenvalue weighted by molar-refractivity contribution is 5.82. The third kappa shape index (κ3) is 2.10. The molecule has 1 fully saturated rings. The van der Waals surface area contributed by atoms with Gasteiger partial charge in [0.15, 0.2) is 5.60 Å². The molecule has 74 valence electrons. The summed E-state index contributed by atoms with van der Waals surface area (Å²) >= 11 is 0. The van der Waals surface area contributed by atoms with Gasteiger partial charge < -0.3 is 9.47 Å². The van der Waals surface area contributed by atoms with Gasteiger partial charge in [0.25, 0.3) is 0 Å². The average molecular weight is 184 g/mol. The molecule has 3 heteroatoms. The molecular weight excluding hydrogens is 168 g/mol. The molecule has 1 heterocycles. The zero-order valence-electron chi connectivity index (χ0n) is 8.37. The lowest BCUT2D eigenvalue weighted by Gasteiger charge is -2.45. The van der Waals surface area contributed by atoms with Gasteiger partial charge in [0.2, 0.25) is 0 Å². The Morgan fingerprint density at radius 2 is 2.46 bits per heavy atom. The van der Waals surface area contributed by atoms with Gasteiger partial charge in [0.05, 0.1) is 12.7 Å². The maximum absolute atomic E-state index is 11.1. The van der Waals surface area contributed by atoms with Crippen LogP contribution in [0.2, 0.25) is 0 Å². The second-order valence-electron chi connectivity index (χ2n) is 3.44. The quantitative estimate of drug-likeness (QED) is 0.494. The number of carbonyl (C=O) groups is 1. The van der Waals surface area contributed by atoms with E-state index in [2.05, 4.69) is 0 Å². The van der Waals surface area contributed by atoms with Crippen LogP contribution in [0, 0.1) is 0 Å².